The molecule has 0 radical (unpaired) electrons. The van der Waals surface area contributed by atoms with E-state index in [9.17, 15) is 4.39 Å². The van der Waals surface area contributed by atoms with Crippen molar-refractivity contribution in [2.75, 3.05) is 5.32 Å². The zero-order chi connectivity index (χ0) is 27.1. The molecule has 41 heavy (non-hydrogen) atoms. The first-order chi connectivity index (χ1) is 20.2. The molecule has 0 saturated carbocycles. The normalized spacial score (nSPS) is 13.9. The van der Waals surface area contributed by atoms with Gasteiger partial charge >= 0.3 is 0 Å². The van der Waals surface area contributed by atoms with Gasteiger partial charge in [0.05, 0.1) is 22.2 Å². The van der Waals surface area contributed by atoms with Crippen molar-refractivity contribution in [3.8, 4) is 22.6 Å². The second-order valence-electron chi connectivity index (χ2n) is 10.7. The summed E-state index contributed by atoms with van der Waals surface area (Å²) in [7, 11) is 0. The molecule has 0 unspecified atom stereocenters. The molecule has 6 aromatic carbocycles. The average molecular weight is 532 g/mol. The molecule has 0 atom stereocenters. The van der Waals surface area contributed by atoms with Crippen LogP contribution in [0.4, 0.5) is 15.8 Å². The van der Waals surface area contributed by atoms with E-state index in [-0.39, 0.29) is 5.82 Å². The highest BCUT2D eigenvalue weighted by molar-refractivity contribution is 6.12. The fraction of sp³-hybridized carbons (Fsp3) is 0.0270. The minimum atomic E-state index is -0.527. The van der Waals surface area contributed by atoms with Crippen LogP contribution in [0.5, 0.6) is 11.5 Å². The summed E-state index contributed by atoms with van der Waals surface area (Å²) in [5, 5.41) is 5.44. The summed E-state index contributed by atoms with van der Waals surface area (Å²) in [5.74, 6) is 1.30. The van der Waals surface area contributed by atoms with Crippen LogP contribution in [-0.4, -0.2) is 0 Å². The van der Waals surface area contributed by atoms with Crippen LogP contribution in [0, 0.1) is 5.82 Å². The summed E-state index contributed by atoms with van der Waals surface area (Å²) in [6.45, 7) is 0. The molecule has 3 nitrogen and oxygen atoms in total. The molecule has 2 heterocycles. The van der Waals surface area contributed by atoms with Crippen molar-refractivity contribution < 1.29 is 13.5 Å². The maximum absolute atomic E-state index is 14.0. The SMILES string of the molecule is Fc1ccc2c(c1)oc1cccc(Nc3cccc4c3Oc3ccccc3C43c4ccccc4-c4ccccc43)c12. The van der Waals surface area contributed by atoms with Crippen LogP contribution >= 0.6 is 0 Å². The maximum atomic E-state index is 14.0. The number of rotatable bonds is 2. The van der Waals surface area contributed by atoms with Crippen molar-refractivity contribution in [3.63, 3.8) is 0 Å². The molecule has 0 saturated heterocycles. The van der Waals surface area contributed by atoms with E-state index in [0.29, 0.717) is 11.2 Å². The highest BCUT2D eigenvalue weighted by Gasteiger charge is 2.51. The molecule has 0 amide bonds. The Bertz CT molecular complexity index is 2150. The Morgan fingerprint density at radius 2 is 1.22 bits per heavy atom. The van der Waals surface area contributed by atoms with Gasteiger partial charge in [0.1, 0.15) is 22.7 Å². The van der Waals surface area contributed by atoms with E-state index in [0.717, 1.165) is 44.8 Å². The number of para-hydroxylation sites is 2. The Morgan fingerprint density at radius 3 is 2.02 bits per heavy atom. The fourth-order valence-corrected chi connectivity index (χ4v) is 7.03. The Kier molecular flexibility index (Phi) is 4.43. The predicted octanol–water partition coefficient (Wildman–Crippen LogP) is 9.94. The van der Waals surface area contributed by atoms with E-state index in [2.05, 4.69) is 84.2 Å². The molecular formula is C37H22FNO2. The number of furan rings is 1. The lowest BCUT2D eigenvalue weighted by molar-refractivity contribution is 0.438. The zero-order valence-corrected chi connectivity index (χ0v) is 21.8. The summed E-state index contributed by atoms with van der Waals surface area (Å²) in [6, 6.07) is 42.6. The van der Waals surface area contributed by atoms with Gasteiger partial charge in [-0.15, -0.1) is 0 Å². The summed E-state index contributed by atoms with van der Waals surface area (Å²) in [5.41, 5.74) is 9.61. The molecule has 1 aromatic heterocycles. The fourth-order valence-electron chi connectivity index (χ4n) is 7.03. The van der Waals surface area contributed by atoms with Crippen LogP contribution in [0.25, 0.3) is 33.1 Å². The molecule has 1 spiro atoms. The first kappa shape index (κ1) is 22.5. The Morgan fingerprint density at radius 1 is 0.561 bits per heavy atom. The third-order valence-electron chi connectivity index (χ3n) is 8.60. The number of anilines is 2. The van der Waals surface area contributed by atoms with Crippen molar-refractivity contribution in [2.24, 2.45) is 0 Å². The van der Waals surface area contributed by atoms with Gasteiger partial charge in [-0.05, 0) is 58.7 Å². The standard InChI is InChI=1S/C37H22FNO2/c38-22-19-20-25-34(21-22)40-33-18-8-15-30(35(25)33)39-31-16-7-14-29-36(31)41-32-17-6-5-13-28(32)37(29)26-11-3-1-9-23(26)24-10-2-4-12-27(24)37/h1-21,39H. The molecule has 194 valence electrons. The van der Waals surface area contributed by atoms with E-state index in [1.54, 1.807) is 6.07 Å². The minimum absolute atomic E-state index is 0.322. The second-order valence-corrected chi connectivity index (χ2v) is 10.7. The van der Waals surface area contributed by atoms with Crippen molar-refractivity contribution in [1.82, 2.24) is 0 Å². The lowest BCUT2D eigenvalue weighted by atomic mass is 9.66. The van der Waals surface area contributed by atoms with E-state index < -0.39 is 5.41 Å². The smallest absolute Gasteiger partial charge is 0.155 e. The van der Waals surface area contributed by atoms with Gasteiger partial charge in [0.2, 0.25) is 0 Å². The average Bonchev–Trinajstić information content (AvgIpc) is 3.52. The molecule has 0 fully saturated rings. The van der Waals surface area contributed by atoms with E-state index >= 15 is 0 Å². The van der Waals surface area contributed by atoms with Crippen LogP contribution in [0.15, 0.2) is 132 Å². The highest BCUT2D eigenvalue weighted by atomic mass is 19.1. The summed E-state index contributed by atoms with van der Waals surface area (Å²) < 4.78 is 26.8. The lowest BCUT2D eigenvalue weighted by Crippen LogP contribution is -2.32. The topological polar surface area (TPSA) is 34.4 Å². The second kappa shape index (κ2) is 8.09. The highest BCUT2D eigenvalue weighted by Crippen LogP contribution is 2.63. The maximum Gasteiger partial charge on any atom is 0.155 e. The molecule has 1 aliphatic heterocycles. The Balaban J connectivity index is 1.32. The van der Waals surface area contributed by atoms with Gasteiger partial charge in [0.15, 0.2) is 5.75 Å². The number of fused-ring (bicyclic) bond motifs is 12. The summed E-state index contributed by atoms with van der Waals surface area (Å²) >= 11 is 0. The molecule has 1 aliphatic carbocycles. The first-order valence-corrected chi connectivity index (χ1v) is 13.7. The first-order valence-electron chi connectivity index (χ1n) is 13.7. The van der Waals surface area contributed by atoms with Crippen LogP contribution in [-0.2, 0) is 5.41 Å². The number of ether oxygens (including phenoxy) is 1. The molecular weight excluding hydrogens is 509 g/mol. The van der Waals surface area contributed by atoms with E-state index in [1.807, 2.05) is 30.3 Å². The van der Waals surface area contributed by atoms with Crippen molar-refractivity contribution in [1.29, 1.82) is 0 Å². The third-order valence-corrected chi connectivity index (χ3v) is 8.60. The predicted molar refractivity (Wildman–Crippen MR) is 161 cm³/mol. The van der Waals surface area contributed by atoms with Gasteiger partial charge in [-0.1, -0.05) is 84.9 Å². The Hall–Kier alpha value is -5.35. The van der Waals surface area contributed by atoms with Crippen LogP contribution in [0.1, 0.15) is 22.3 Å². The number of nitrogens with one attached hydrogen (secondary N) is 1. The quantitative estimate of drug-likeness (QED) is 0.241. The minimum Gasteiger partial charge on any atom is -0.456 e. The van der Waals surface area contributed by atoms with Gasteiger partial charge in [0, 0.05) is 22.6 Å². The lowest BCUT2D eigenvalue weighted by Gasteiger charge is -2.40. The molecule has 4 heteroatoms. The van der Waals surface area contributed by atoms with Crippen LogP contribution in [0.3, 0.4) is 0 Å². The molecule has 7 aromatic rings. The summed E-state index contributed by atoms with van der Waals surface area (Å²) in [6.07, 6.45) is 0. The molecule has 9 rings (SSSR count). The molecule has 0 bridgehead atoms. The van der Waals surface area contributed by atoms with Gasteiger partial charge in [0.25, 0.3) is 0 Å². The molecule has 1 N–H and O–H groups in total. The van der Waals surface area contributed by atoms with Crippen LogP contribution in [0.2, 0.25) is 0 Å². The molecule has 2 aliphatic rings. The van der Waals surface area contributed by atoms with Gasteiger partial charge in [-0.3, -0.25) is 0 Å². The van der Waals surface area contributed by atoms with Gasteiger partial charge < -0.3 is 14.5 Å². The van der Waals surface area contributed by atoms with Gasteiger partial charge in [-0.25, -0.2) is 4.39 Å². The van der Waals surface area contributed by atoms with E-state index in [1.165, 1.54) is 34.4 Å². The van der Waals surface area contributed by atoms with Crippen molar-refractivity contribution >= 4 is 33.3 Å². The third kappa shape index (κ3) is 2.91. The van der Waals surface area contributed by atoms with Crippen molar-refractivity contribution in [3.05, 3.63) is 155 Å². The van der Waals surface area contributed by atoms with Gasteiger partial charge in [-0.2, -0.15) is 0 Å². The monoisotopic (exact) mass is 531 g/mol. The number of hydrogen-bond donors (Lipinski definition) is 1. The number of benzene rings is 6. The number of hydrogen-bond acceptors (Lipinski definition) is 3. The summed E-state index contributed by atoms with van der Waals surface area (Å²) in [4.78, 5) is 0. The van der Waals surface area contributed by atoms with Crippen molar-refractivity contribution in [2.45, 2.75) is 5.41 Å². The van der Waals surface area contributed by atoms with Crippen LogP contribution < -0.4 is 10.1 Å². The Labute approximate surface area is 235 Å². The number of halogens is 1. The zero-order valence-electron chi connectivity index (χ0n) is 21.8. The van der Waals surface area contributed by atoms with E-state index in [4.69, 9.17) is 9.15 Å². The largest absolute Gasteiger partial charge is 0.456 e.